The Hall–Kier alpha value is -7.91. The van der Waals surface area contributed by atoms with E-state index in [0.29, 0.717) is 4.31 Å². The molecule has 0 spiro atoms. The normalized spacial score (nSPS) is 11.9. The fourth-order valence-corrected chi connectivity index (χ4v) is 7.67. The second-order valence-electron chi connectivity index (χ2n) is 15.7. The third-order valence-electron chi connectivity index (χ3n) is 9.18. The van der Waals surface area contributed by atoms with Crippen molar-refractivity contribution in [2.75, 3.05) is 44.4 Å². The van der Waals surface area contributed by atoms with Crippen molar-refractivity contribution in [1.29, 1.82) is 0 Å². The van der Waals surface area contributed by atoms with Gasteiger partial charge in [-0.25, -0.2) is 32.5 Å². The summed E-state index contributed by atoms with van der Waals surface area (Å²) < 4.78 is 65.4. The van der Waals surface area contributed by atoms with Gasteiger partial charge in [-0.3, -0.25) is 4.79 Å². The first-order chi connectivity index (χ1) is 32.6. The molecule has 4 aromatic rings. The summed E-state index contributed by atoms with van der Waals surface area (Å²) in [5, 5.41) is 28.7. The Labute approximate surface area is 394 Å². The minimum absolute atomic E-state index is 0.00103. The van der Waals surface area contributed by atoms with Crippen LogP contribution in [0.25, 0.3) is 11.6 Å². The van der Waals surface area contributed by atoms with Crippen LogP contribution >= 0.6 is 0 Å². The summed E-state index contributed by atoms with van der Waals surface area (Å²) in [6.07, 6.45) is -0.251. The molecule has 0 amide bonds. The van der Waals surface area contributed by atoms with Gasteiger partial charge in [-0.1, -0.05) is 45.0 Å². The standard InChI is InChI=1S/C41H50N8O19S/c1-40(2,3)28-17-19-30(20-18-28)69(58,59)46(41(4,5)67-39(51)63-23-9-10-24-64-47(52)53)37-34(66-32-15-8-7-14-31(32)60-6)38(45-36(44-37)35-42-21-12-22-43-35)62-26-25-61-33(50)16-11-13-29(68-49(56)57)27-65-48(54)55/h7-8,12,14-15,17-22,29H,9-11,13,16,23-27H2,1-6H3. The fourth-order valence-electron chi connectivity index (χ4n) is 6.01. The molecule has 0 aliphatic heterocycles. The molecule has 1 unspecified atom stereocenters. The molecule has 0 saturated heterocycles. The van der Waals surface area contributed by atoms with E-state index in [0.717, 1.165) is 5.56 Å². The maximum absolute atomic E-state index is 15.3. The Morgan fingerprint density at radius 3 is 2.03 bits per heavy atom. The maximum atomic E-state index is 15.3. The summed E-state index contributed by atoms with van der Waals surface area (Å²) in [6, 6.07) is 13.7. The van der Waals surface area contributed by atoms with Crippen molar-refractivity contribution in [3.05, 3.63) is 103 Å². The van der Waals surface area contributed by atoms with Crippen LogP contribution in [0.2, 0.25) is 0 Å². The lowest BCUT2D eigenvalue weighted by Crippen LogP contribution is -2.51. The number of carbonyl (C=O) groups excluding carboxylic acids is 2. The average molecular weight is 991 g/mol. The van der Waals surface area contributed by atoms with Gasteiger partial charge in [0.15, 0.2) is 28.9 Å². The first kappa shape index (κ1) is 53.7. The number of methoxy groups -OCH3 is 1. The second-order valence-corrected chi connectivity index (χ2v) is 17.5. The summed E-state index contributed by atoms with van der Waals surface area (Å²) in [7, 11) is -3.55. The summed E-state index contributed by atoms with van der Waals surface area (Å²) in [5.74, 6) is -2.65. The average Bonchev–Trinajstić information content (AvgIpc) is 3.28. The number of aromatic nitrogens is 4. The molecular weight excluding hydrogens is 941 g/mol. The van der Waals surface area contributed by atoms with E-state index in [1.54, 1.807) is 30.3 Å². The van der Waals surface area contributed by atoms with Crippen LogP contribution in [0.5, 0.6) is 23.1 Å². The van der Waals surface area contributed by atoms with Gasteiger partial charge in [0.25, 0.3) is 31.2 Å². The van der Waals surface area contributed by atoms with Crippen LogP contribution in [0.15, 0.2) is 71.9 Å². The molecule has 28 heteroatoms. The topological polar surface area (TPSA) is 336 Å². The number of carbonyl (C=O) groups is 2. The maximum Gasteiger partial charge on any atom is 0.510 e. The Bertz CT molecular complexity index is 2490. The first-order valence-electron chi connectivity index (χ1n) is 20.8. The lowest BCUT2D eigenvalue weighted by molar-refractivity contribution is -0.790. The molecule has 0 aliphatic carbocycles. The Balaban J connectivity index is 1.81. The van der Waals surface area contributed by atoms with Crippen molar-refractivity contribution < 1.29 is 76.2 Å². The number of sulfonamides is 1. The molecule has 0 fully saturated rings. The molecule has 0 saturated carbocycles. The zero-order valence-electron chi connectivity index (χ0n) is 38.2. The van der Waals surface area contributed by atoms with E-state index in [1.165, 1.54) is 57.6 Å². The quantitative estimate of drug-likeness (QED) is 0.0207. The van der Waals surface area contributed by atoms with Crippen molar-refractivity contribution >= 4 is 28.0 Å². The number of nitrogens with zero attached hydrogens (tertiary/aromatic N) is 8. The number of esters is 1. The van der Waals surface area contributed by atoms with Gasteiger partial charge < -0.3 is 42.9 Å². The molecule has 374 valence electrons. The zero-order valence-corrected chi connectivity index (χ0v) is 39.1. The van der Waals surface area contributed by atoms with E-state index in [2.05, 4.69) is 34.4 Å². The number of anilines is 1. The number of unbranched alkanes of at least 4 members (excludes halogenated alkanes) is 1. The van der Waals surface area contributed by atoms with E-state index >= 15 is 8.42 Å². The van der Waals surface area contributed by atoms with Crippen LogP contribution in [-0.2, 0) is 49.0 Å². The number of hydrogen-bond donors (Lipinski definition) is 0. The molecule has 0 bridgehead atoms. The number of hydrogen-bond acceptors (Lipinski definition) is 23. The van der Waals surface area contributed by atoms with Crippen LogP contribution in [-0.4, -0.2) is 108 Å². The third-order valence-corrected chi connectivity index (χ3v) is 11.1. The van der Waals surface area contributed by atoms with Gasteiger partial charge in [0.2, 0.25) is 11.6 Å². The van der Waals surface area contributed by atoms with Crippen molar-refractivity contribution in [1.82, 2.24) is 19.9 Å². The van der Waals surface area contributed by atoms with Crippen molar-refractivity contribution in [2.45, 2.75) is 88.9 Å². The summed E-state index contributed by atoms with van der Waals surface area (Å²) in [4.78, 5) is 88.1. The minimum Gasteiger partial charge on any atom is -0.493 e. The number of ether oxygens (including phenoxy) is 6. The van der Waals surface area contributed by atoms with Crippen molar-refractivity contribution in [3.8, 4) is 34.8 Å². The Morgan fingerprint density at radius 1 is 0.754 bits per heavy atom. The lowest BCUT2D eigenvalue weighted by Gasteiger charge is -2.37. The Kier molecular flexibility index (Phi) is 19.3. The molecule has 27 nitrogen and oxygen atoms in total. The predicted molar refractivity (Wildman–Crippen MR) is 235 cm³/mol. The second kappa shape index (κ2) is 24.7. The molecule has 2 aromatic heterocycles. The zero-order chi connectivity index (χ0) is 50.8. The highest BCUT2D eigenvalue weighted by Gasteiger charge is 2.45. The number of para-hydroxylation sites is 2. The molecule has 1 atom stereocenters. The van der Waals surface area contributed by atoms with Crippen LogP contribution in [0, 0.1) is 30.3 Å². The van der Waals surface area contributed by atoms with Gasteiger partial charge in [0.05, 0.1) is 25.2 Å². The predicted octanol–water partition coefficient (Wildman–Crippen LogP) is 5.98. The fraction of sp³-hybridized carbons (Fsp3) is 0.463. The first-order valence-corrected chi connectivity index (χ1v) is 22.2. The van der Waals surface area contributed by atoms with Crippen molar-refractivity contribution in [3.63, 3.8) is 0 Å². The molecule has 69 heavy (non-hydrogen) atoms. The molecule has 0 radical (unpaired) electrons. The lowest BCUT2D eigenvalue weighted by atomic mass is 9.87. The highest BCUT2D eigenvalue weighted by atomic mass is 32.2. The molecule has 0 aliphatic rings. The monoisotopic (exact) mass is 990 g/mol. The van der Waals surface area contributed by atoms with E-state index in [-0.39, 0.29) is 78.8 Å². The van der Waals surface area contributed by atoms with Gasteiger partial charge in [-0.05, 0) is 80.8 Å². The van der Waals surface area contributed by atoms with Crippen LogP contribution in [0.1, 0.15) is 72.3 Å². The van der Waals surface area contributed by atoms with Gasteiger partial charge in [-0.15, -0.1) is 30.3 Å². The van der Waals surface area contributed by atoms with Gasteiger partial charge in [0.1, 0.15) is 25.9 Å². The van der Waals surface area contributed by atoms with E-state index in [4.69, 9.17) is 28.4 Å². The number of rotatable bonds is 28. The van der Waals surface area contributed by atoms with Gasteiger partial charge in [-0.2, -0.15) is 4.98 Å². The third kappa shape index (κ3) is 16.4. The molecule has 4 rings (SSSR count). The highest BCUT2D eigenvalue weighted by Crippen LogP contribution is 2.46. The summed E-state index contributed by atoms with van der Waals surface area (Å²) >= 11 is 0. The molecule has 2 heterocycles. The number of benzene rings is 2. The van der Waals surface area contributed by atoms with Gasteiger partial charge >= 0.3 is 12.1 Å². The van der Waals surface area contributed by atoms with E-state index in [9.17, 15) is 39.9 Å². The Morgan fingerprint density at radius 2 is 1.41 bits per heavy atom. The SMILES string of the molecule is COc1ccccc1Oc1c(OCCOC(=O)CCCC(CO[N+](=O)[O-])O[N+](=O)[O-])nc(-c2ncccn2)nc1N(C(C)(C)OC(=O)OCCCCO[N+](=O)[O-])S(=O)(=O)c1ccc(C(C)(C)C)cc1. The minimum atomic E-state index is -4.91. The molecule has 0 N–H and O–H groups in total. The van der Waals surface area contributed by atoms with Crippen LogP contribution in [0.4, 0.5) is 10.6 Å². The summed E-state index contributed by atoms with van der Waals surface area (Å²) in [6.45, 7) is 6.03. The smallest absolute Gasteiger partial charge is 0.493 e. The molecular formula is C41H50N8O19S. The van der Waals surface area contributed by atoms with E-state index < -0.39 is 86.5 Å². The highest BCUT2D eigenvalue weighted by molar-refractivity contribution is 7.92. The summed E-state index contributed by atoms with van der Waals surface area (Å²) in [5.41, 5.74) is -1.86. The van der Waals surface area contributed by atoms with Crippen molar-refractivity contribution in [2.24, 2.45) is 0 Å². The van der Waals surface area contributed by atoms with E-state index in [1.807, 2.05) is 20.8 Å². The largest absolute Gasteiger partial charge is 0.510 e. The van der Waals surface area contributed by atoms with Crippen LogP contribution in [0.3, 0.4) is 0 Å². The molecule has 2 aromatic carbocycles. The van der Waals surface area contributed by atoms with Crippen LogP contribution < -0.4 is 18.5 Å². The van der Waals surface area contributed by atoms with Gasteiger partial charge in [0, 0.05) is 18.8 Å².